The molecular weight excluding hydrogens is 280 g/mol. The third-order valence-electron chi connectivity index (χ3n) is 3.04. The van der Waals surface area contributed by atoms with Crippen molar-refractivity contribution >= 4 is 24.3 Å². The summed E-state index contributed by atoms with van der Waals surface area (Å²) in [7, 11) is 0. The number of rotatable bonds is 6. The molecule has 0 bridgehead atoms. The van der Waals surface area contributed by atoms with Gasteiger partial charge < -0.3 is 15.4 Å². The second-order valence-corrected chi connectivity index (χ2v) is 5.83. The van der Waals surface area contributed by atoms with E-state index >= 15 is 0 Å². The maximum absolute atomic E-state index is 12.0. The van der Waals surface area contributed by atoms with Crippen molar-refractivity contribution in [3.63, 3.8) is 0 Å². The number of amides is 1. The van der Waals surface area contributed by atoms with Crippen LogP contribution in [-0.4, -0.2) is 36.6 Å². The first-order valence-electron chi connectivity index (χ1n) is 7.14. The molecule has 1 fully saturated rings. The number of halogens is 1. The van der Waals surface area contributed by atoms with E-state index in [2.05, 4.69) is 10.6 Å². The second-order valence-electron chi connectivity index (χ2n) is 5.83. The van der Waals surface area contributed by atoms with Crippen molar-refractivity contribution in [2.75, 3.05) is 6.54 Å². The molecule has 0 aromatic rings. The lowest BCUT2D eigenvalue weighted by Gasteiger charge is -2.22. The molecule has 6 heteroatoms. The number of esters is 1. The lowest BCUT2D eigenvalue weighted by Crippen LogP contribution is -2.49. The van der Waals surface area contributed by atoms with Gasteiger partial charge >= 0.3 is 5.97 Å². The van der Waals surface area contributed by atoms with Gasteiger partial charge in [-0.25, -0.2) is 4.79 Å². The highest BCUT2D eigenvalue weighted by Crippen LogP contribution is 2.10. The van der Waals surface area contributed by atoms with E-state index in [9.17, 15) is 9.59 Å². The molecule has 0 spiro atoms. The van der Waals surface area contributed by atoms with Crippen molar-refractivity contribution in [2.24, 2.45) is 5.92 Å². The Bertz CT molecular complexity index is 316. The third kappa shape index (κ3) is 6.57. The van der Waals surface area contributed by atoms with E-state index in [-0.39, 0.29) is 36.4 Å². The van der Waals surface area contributed by atoms with E-state index < -0.39 is 6.04 Å². The summed E-state index contributed by atoms with van der Waals surface area (Å²) in [6.07, 6.45) is 2.27. The highest BCUT2D eigenvalue weighted by atomic mass is 35.5. The first kappa shape index (κ1) is 19.2. The molecule has 5 nitrogen and oxygen atoms in total. The molecule has 0 saturated carbocycles. The van der Waals surface area contributed by atoms with Crippen molar-refractivity contribution < 1.29 is 14.3 Å². The normalized spacial score (nSPS) is 19.6. The first-order valence-corrected chi connectivity index (χ1v) is 7.14. The highest BCUT2D eigenvalue weighted by Gasteiger charge is 2.28. The smallest absolute Gasteiger partial charge is 0.328 e. The number of carbonyl (C=O) groups is 2. The molecule has 2 N–H and O–H groups in total. The maximum atomic E-state index is 12.0. The van der Waals surface area contributed by atoms with Crippen LogP contribution in [0.15, 0.2) is 0 Å². The van der Waals surface area contributed by atoms with Crippen molar-refractivity contribution in [1.29, 1.82) is 0 Å². The van der Waals surface area contributed by atoms with E-state index in [4.69, 9.17) is 4.74 Å². The van der Waals surface area contributed by atoms with Crippen LogP contribution in [0.4, 0.5) is 0 Å². The van der Waals surface area contributed by atoms with Crippen molar-refractivity contribution in [2.45, 2.75) is 65.1 Å². The lowest BCUT2D eigenvalue weighted by molar-refractivity contribution is -0.152. The summed E-state index contributed by atoms with van der Waals surface area (Å²) in [5, 5.41) is 5.95. The molecule has 1 saturated heterocycles. The van der Waals surface area contributed by atoms with E-state index in [1.807, 2.05) is 27.7 Å². The number of ether oxygens (including phenoxy) is 1. The van der Waals surface area contributed by atoms with Gasteiger partial charge in [0, 0.05) is 0 Å². The Morgan fingerprint density at radius 2 is 1.95 bits per heavy atom. The van der Waals surface area contributed by atoms with Gasteiger partial charge in [0.05, 0.1) is 12.1 Å². The molecule has 0 aliphatic carbocycles. The highest BCUT2D eigenvalue weighted by molar-refractivity contribution is 5.87. The van der Waals surface area contributed by atoms with Crippen LogP contribution in [0.3, 0.4) is 0 Å². The SMILES string of the molecule is CC(C)C[C@H](NC(=O)C1CCCN1)C(=O)OC(C)C.Cl. The maximum Gasteiger partial charge on any atom is 0.328 e. The molecule has 1 aliphatic rings. The van der Waals surface area contributed by atoms with Gasteiger partial charge in [-0.2, -0.15) is 0 Å². The molecule has 1 rings (SSSR count). The van der Waals surface area contributed by atoms with E-state index in [0.29, 0.717) is 12.3 Å². The number of hydrogen-bond donors (Lipinski definition) is 2. The Morgan fingerprint density at radius 1 is 1.30 bits per heavy atom. The Balaban J connectivity index is 0.00000361. The summed E-state index contributed by atoms with van der Waals surface area (Å²) in [5.41, 5.74) is 0. The summed E-state index contributed by atoms with van der Waals surface area (Å²) >= 11 is 0. The predicted molar refractivity (Wildman–Crippen MR) is 80.9 cm³/mol. The summed E-state index contributed by atoms with van der Waals surface area (Å²) in [6, 6.07) is -0.709. The van der Waals surface area contributed by atoms with Gasteiger partial charge in [0.1, 0.15) is 6.04 Å². The number of hydrogen-bond acceptors (Lipinski definition) is 4. The predicted octanol–water partition coefficient (Wildman–Crippen LogP) is 1.64. The van der Waals surface area contributed by atoms with Gasteiger partial charge in [0.2, 0.25) is 5.91 Å². The van der Waals surface area contributed by atoms with Crippen molar-refractivity contribution in [3.8, 4) is 0 Å². The van der Waals surface area contributed by atoms with Gasteiger partial charge in [0.25, 0.3) is 0 Å². The summed E-state index contributed by atoms with van der Waals surface area (Å²) in [5.74, 6) is -0.111. The monoisotopic (exact) mass is 306 g/mol. The fraction of sp³-hybridized carbons (Fsp3) is 0.857. The Hall–Kier alpha value is -0.810. The minimum atomic E-state index is -0.544. The van der Waals surface area contributed by atoms with Crippen LogP contribution in [0.1, 0.15) is 47.0 Å². The quantitative estimate of drug-likeness (QED) is 0.732. The van der Waals surface area contributed by atoms with Crippen LogP contribution in [-0.2, 0) is 14.3 Å². The van der Waals surface area contributed by atoms with Gasteiger partial charge in [-0.05, 0) is 45.6 Å². The Labute approximate surface area is 127 Å². The van der Waals surface area contributed by atoms with Gasteiger partial charge in [-0.3, -0.25) is 4.79 Å². The molecule has 0 aromatic carbocycles. The van der Waals surface area contributed by atoms with E-state index in [1.54, 1.807) is 0 Å². The fourth-order valence-electron chi connectivity index (χ4n) is 2.18. The van der Waals surface area contributed by atoms with Crippen molar-refractivity contribution in [3.05, 3.63) is 0 Å². The summed E-state index contributed by atoms with van der Waals surface area (Å²) in [4.78, 5) is 24.0. The van der Waals surface area contributed by atoms with E-state index in [0.717, 1.165) is 19.4 Å². The zero-order chi connectivity index (χ0) is 14.4. The standard InChI is InChI=1S/C14H26N2O3.ClH/c1-9(2)8-12(14(18)19-10(3)4)16-13(17)11-6-5-7-15-11;/h9-12,15H,5-8H2,1-4H3,(H,16,17);1H/t11?,12-;/m0./s1. The first-order chi connectivity index (χ1) is 8.90. The largest absolute Gasteiger partial charge is 0.461 e. The molecule has 1 amide bonds. The van der Waals surface area contributed by atoms with E-state index in [1.165, 1.54) is 0 Å². The van der Waals surface area contributed by atoms with Crippen molar-refractivity contribution in [1.82, 2.24) is 10.6 Å². The number of nitrogens with one attached hydrogen (secondary N) is 2. The van der Waals surface area contributed by atoms with Crippen LogP contribution < -0.4 is 10.6 Å². The topological polar surface area (TPSA) is 67.4 Å². The average Bonchev–Trinajstić information content (AvgIpc) is 2.79. The van der Waals surface area contributed by atoms with Crippen LogP contribution >= 0.6 is 12.4 Å². The van der Waals surface area contributed by atoms with Crippen LogP contribution in [0.5, 0.6) is 0 Å². The van der Waals surface area contributed by atoms with Gasteiger partial charge in [-0.15, -0.1) is 12.4 Å². The molecule has 118 valence electrons. The zero-order valence-corrected chi connectivity index (χ0v) is 13.6. The minimum Gasteiger partial charge on any atom is -0.461 e. The van der Waals surface area contributed by atoms with Crippen LogP contribution in [0.25, 0.3) is 0 Å². The third-order valence-corrected chi connectivity index (χ3v) is 3.04. The Morgan fingerprint density at radius 3 is 2.40 bits per heavy atom. The minimum absolute atomic E-state index is 0. The molecule has 1 heterocycles. The molecular formula is C14H27ClN2O3. The molecule has 20 heavy (non-hydrogen) atoms. The summed E-state index contributed by atoms with van der Waals surface area (Å²) < 4.78 is 5.20. The molecule has 0 aromatic heterocycles. The Kier molecular flexibility index (Phi) is 8.81. The number of carbonyl (C=O) groups excluding carboxylic acids is 2. The van der Waals surface area contributed by atoms with Crippen LogP contribution in [0, 0.1) is 5.92 Å². The fourth-order valence-corrected chi connectivity index (χ4v) is 2.18. The molecule has 1 unspecified atom stereocenters. The summed E-state index contributed by atoms with van der Waals surface area (Å²) in [6.45, 7) is 8.53. The van der Waals surface area contributed by atoms with Crippen LogP contribution in [0.2, 0.25) is 0 Å². The molecule has 0 radical (unpaired) electrons. The second kappa shape index (κ2) is 9.19. The lowest BCUT2D eigenvalue weighted by atomic mass is 10.0. The molecule has 2 atom stereocenters. The molecule has 1 aliphatic heterocycles. The average molecular weight is 307 g/mol. The van der Waals surface area contributed by atoms with Gasteiger partial charge in [-0.1, -0.05) is 13.8 Å². The zero-order valence-electron chi connectivity index (χ0n) is 12.8. The van der Waals surface area contributed by atoms with Gasteiger partial charge in [0.15, 0.2) is 0 Å².